The second kappa shape index (κ2) is 7.94. The predicted molar refractivity (Wildman–Crippen MR) is 64.4 cm³/mol. The highest BCUT2D eigenvalue weighted by atomic mass is 35.5. The van der Waals surface area contributed by atoms with Gasteiger partial charge in [-0.15, -0.1) is 12.4 Å². The molecule has 18 heavy (non-hydrogen) atoms. The first-order valence-electron chi connectivity index (χ1n) is 5.19. The van der Waals surface area contributed by atoms with Crippen molar-refractivity contribution in [3.05, 3.63) is 35.1 Å². The molecule has 0 fully saturated rings. The molecule has 2 N–H and O–H groups in total. The molecule has 0 bridgehead atoms. The van der Waals surface area contributed by atoms with Crippen LogP contribution in [0.1, 0.15) is 17.3 Å². The highest BCUT2D eigenvalue weighted by molar-refractivity contribution is 5.94. The molecule has 0 heterocycles. The maximum atomic E-state index is 13.2. The molecular weight excluding hydrogens is 269 g/mol. The van der Waals surface area contributed by atoms with Crippen molar-refractivity contribution in [1.29, 1.82) is 0 Å². The third kappa shape index (κ3) is 4.54. The Bertz CT molecular complexity index is 392. The van der Waals surface area contributed by atoms with E-state index in [0.29, 0.717) is 18.7 Å². The Balaban J connectivity index is 0.00000289. The fourth-order valence-corrected chi connectivity index (χ4v) is 1.29. The molecule has 0 radical (unpaired) electrons. The van der Waals surface area contributed by atoms with E-state index in [0.717, 1.165) is 6.54 Å². The Kier molecular flexibility index (Phi) is 7.38. The summed E-state index contributed by atoms with van der Waals surface area (Å²) in [4.78, 5) is 11.4. The minimum absolute atomic E-state index is 0. The van der Waals surface area contributed by atoms with Crippen LogP contribution < -0.4 is 10.6 Å². The first-order chi connectivity index (χ1) is 8.06. The van der Waals surface area contributed by atoms with Gasteiger partial charge in [0.1, 0.15) is 23.0 Å². The first-order valence-corrected chi connectivity index (χ1v) is 5.19. The lowest BCUT2D eigenvalue weighted by Crippen LogP contribution is -2.32. The average Bonchev–Trinajstić information content (AvgIpc) is 2.23. The van der Waals surface area contributed by atoms with Gasteiger partial charge >= 0.3 is 0 Å². The van der Waals surface area contributed by atoms with Gasteiger partial charge in [0.05, 0.1) is 0 Å². The Morgan fingerprint density at radius 1 is 1.17 bits per heavy atom. The number of amides is 1. The monoisotopic (exact) mass is 282 g/mol. The number of hydrogen-bond donors (Lipinski definition) is 2. The van der Waals surface area contributed by atoms with E-state index in [-0.39, 0.29) is 19.0 Å². The SMILES string of the molecule is CCNCCNC(=O)c1c(F)cc(F)cc1F.Cl. The van der Waals surface area contributed by atoms with Crippen molar-refractivity contribution in [3.63, 3.8) is 0 Å². The lowest BCUT2D eigenvalue weighted by Gasteiger charge is -2.07. The molecule has 0 saturated heterocycles. The number of halogens is 4. The fourth-order valence-electron chi connectivity index (χ4n) is 1.29. The number of nitrogens with one attached hydrogen (secondary N) is 2. The topological polar surface area (TPSA) is 41.1 Å². The zero-order valence-corrected chi connectivity index (χ0v) is 10.5. The third-order valence-electron chi connectivity index (χ3n) is 2.07. The van der Waals surface area contributed by atoms with E-state index >= 15 is 0 Å². The molecular formula is C11H14ClF3N2O. The van der Waals surface area contributed by atoms with Gasteiger partial charge in [0.2, 0.25) is 0 Å². The molecule has 0 aromatic heterocycles. The maximum absolute atomic E-state index is 13.2. The number of hydrogen-bond acceptors (Lipinski definition) is 2. The Morgan fingerprint density at radius 2 is 1.72 bits per heavy atom. The van der Waals surface area contributed by atoms with Crippen LogP contribution in [0.2, 0.25) is 0 Å². The van der Waals surface area contributed by atoms with Crippen molar-refractivity contribution in [1.82, 2.24) is 10.6 Å². The molecule has 1 aromatic carbocycles. The quantitative estimate of drug-likeness (QED) is 0.810. The molecule has 0 aliphatic carbocycles. The smallest absolute Gasteiger partial charge is 0.257 e. The summed E-state index contributed by atoms with van der Waals surface area (Å²) in [5, 5.41) is 5.26. The standard InChI is InChI=1S/C11H13F3N2O.ClH/c1-2-15-3-4-16-11(17)10-8(13)5-7(12)6-9(10)14;/h5-6,15H,2-4H2,1H3,(H,16,17);1H. The van der Waals surface area contributed by atoms with E-state index in [2.05, 4.69) is 10.6 Å². The molecule has 1 aromatic rings. The van der Waals surface area contributed by atoms with E-state index in [1.165, 1.54) is 0 Å². The van der Waals surface area contributed by atoms with Gasteiger partial charge in [0.15, 0.2) is 0 Å². The minimum atomic E-state index is -1.21. The van der Waals surface area contributed by atoms with E-state index in [4.69, 9.17) is 0 Å². The summed E-state index contributed by atoms with van der Waals surface area (Å²) >= 11 is 0. The number of likely N-dealkylation sites (N-methyl/N-ethyl adjacent to an activating group) is 1. The summed E-state index contributed by atoms with van der Waals surface area (Å²) in [5.41, 5.74) is -0.761. The molecule has 7 heteroatoms. The van der Waals surface area contributed by atoms with Crippen molar-refractivity contribution < 1.29 is 18.0 Å². The van der Waals surface area contributed by atoms with Crippen LogP contribution in [0.5, 0.6) is 0 Å². The van der Waals surface area contributed by atoms with Gasteiger partial charge in [-0.2, -0.15) is 0 Å². The van der Waals surface area contributed by atoms with Gasteiger partial charge in [0.25, 0.3) is 5.91 Å². The number of carbonyl (C=O) groups excluding carboxylic acids is 1. The van der Waals surface area contributed by atoms with E-state index in [1.54, 1.807) is 0 Å². The molecule has 0 aliphatic heterocycles. The normalized spacial score (nSPS) is 9.78. The summed E-state index contributed by atoms with van der Waals surface area (Å²) in [7, 11) is 0. The van der Waals surface area contributed by atoms with Gasteiger partial charge in [-0.25, -0.2) is 13.2 Å². The van der Waals surface area contributed by atoms with Crippen LogP contribution in [0, 0.1) is 17.5 Å². The lowest BCUT2D eigenvalue weighted by molar-refractivity contribution is 0.0945. The van der Waals surface area contributed by atoms with Crippen molar-refractivity contribution in [3.8, 4) is 0 Å². The highest BCUT2D eigenvalue weighted by Crippen LogP contribution is 2.14. The van der Waals surface area contributed by atoms with Crippen LogP contribution in [0.4, 0.5) is 13.2 Å². The molecule has 3 nitrogen and oxygen atoms in total. The molecule has 0 saturated carbocycles. The predicted octanol–water partition coefficient (Wildman–Crippen LogP) is 1.86. The first kappa shape index (κ1) is 16.7. The molecule has 102 valence electrons. The van der Waals surface area contributed by atoms with Crippen molar-refractivity contribution in [2.75, 3.05) is 19.6 Å². The fraction of sp³-hybridized carbons (Fsp3) is 0.364. The lowest BCUT2D eigenvalue weighted by atomic mass is 10.2. The minimum Gasteiger partial charge on any atom is -0.351 e. The molecule has 1 amide bonds. The zero-order valence-electron chi connectivity index (χ0n) is 9.73. The van der Waals surface area contributed by atoms with E-state index in [9.17, 15) is 18.0 Å². The Hall–Kier alpha value is -1.27. The van der Waals surface area contributed by atoms with Crippen LogP contribution in [-0.2, 0) is 0 Å². The average molecular weight is 283 g/mol. The summed E-state index contributed by atoms with van der Waals surface area (Å²) in [6.07, 6.45) is 0. The highest BCUT2D eigenvalue weighted by Gasteiger charge is 2.18. The number of benzene rings is 1. The van der Waals surface area contributed by atoms with Gasteiger partial charge in [-0.1, -0.05) is 6.92 Å². The number of rotatable bonds is 5. The second-order valence-corrected chi connectivity index (χ2v) is 3.35. The van der Waals surface area contributed by atoms with Gasteiger partial charge in [-0.05, 0) is 6.54 Å². The Morgan fingerprint density at radius 3 is 2.22 bits per heavy atom. The molecule has 0 spiro atoms. The molecule has 0 unspecified atom stereocenters. The van der Waals surface area contributed by atoms with Gasteiger partial charge < -0.3 is 10.6 Å². The van der Waals surface area contributed by atoms with Crippen molar-refractivity contribution >= 4 is 18.3 Å². The maximum Gasteiger partial charge on any atom is 0.257 e. The van der Waals surface area contributed by atoms with Crippen LogP contribution in [0.25, 0.3) is 0 Å². The Labute approximate surface area is 109 Å². The zero-order chi connectivity index (χ0) is 12.8. The van der Waals surface area contributed by atoms with Crippen molar-refractivity contribution in [2.45, 2.75) is 6.92 Å². The summed E-state index contributed by atoms with van der Waals surface area (Å²) in [5.74, 6) is -4.35. The summed E-state index contributed by atoms with van der Waals surface area (Å²) in [6.45, 7) is 3.35. The van der Waals surface area contributed by atoms with E-state index < -0.39 is 28.9 Å². The van der Waals surface area contributed by atoms with Crippen LogP contribution in [0.3, 0.4) is 0 Å². The molecule has 1 rings (SSSR count). The second-order valence-electron chi connectivity index (χ2n) is 3.35. The van der Waals surface area contributed by atoms with Crippen molar-refractivity contribution in [2.24, 2.45) is 0 Å². The largest absolute Gasteiger partial charge is 0.351 e. The van der Waals surface area contributed by atoms with E-state index in [1.807, 2.05) is 6.92 Å². The number of carbonyl (C=O) groups is 1. The summed E-state index contributed by atoms with van der Waals surface area (Å²) in [6, 6.07) is 0.949. The molecule has 0 atom stereocenters. The van der Waals surface area contributed by atoms with Gasteiger partial charge in [-0.3, -0.25) is 4.79 Å². The summed E-state index contributed by atoms with van der Waals surface area (Å²) < 4.78 is 39.0. The third-order valence-corrected chi connectivity index (χ3v) is 2.07. The molecule has 0 aliphatic rings. The van der Waals surface area contributed by atoms with Crippen LogP contribution in [-0.4, -0.2) is 25.5 Å². The van der Waals surface area contributed by atoms with Gasteiger partial charge in [0, 0.05) is 25.2 Å². The van der Waals surface area contributed by atoms with Crippen LogP contribution in [0.15, 0.2) is 12.1 Å². The van der Waals surface area contributed by atoms with Crippen LogP contribution >= 0.6 is 12.4 Å².